The van der Waals surface area contributed by atoms with Gasteiger partial charge >= 0.3 is 0 Å². The molecule has 4 rings (SSSR count). The highest BCUT2D eigenvalue weighted by atomic mass is 16.6. The number of piperidine rings is 1. The molecule has 0 atom stereocenters. The lowest BCUT2D eigenvalue weighted by molar-refractivity contribution is -0.384. The Balaban J connectivity index is 1.59. The van der Waals surface area contributed by atoms with Crippen LogP contribution in [0.25, 0.3) is 10.8 Å². The zero-order chi connectivity index (χ0) is 19.5. The first-order valence-electron chi connectivity index (χ1n) is 9.45. The third-order valence-corrected chi connectivity index (χ3v) is 5.14. The van der Waals surface area contributed by atoms with Gasteiger partial charge in [-0.1, -0.05) is 30.3 Å². The number of hydrogen-bond acceptors (Lipinski definition) is 4. The van der Waals surface area contributed by atoms with Crippen LogP contribution in [0.15, 0.2) is 60.7 Å². The number of amides is 1. The smallest absolute Gasteiger partial charge is 0.293 e. The topological polar surface area (TPSA) is 75.5 Å². The van der Waals surface area contributed by atoms with E-state index in [0.29, 0.717) is 11.4 Å². The maximum Gasteiger partial charge on any atom is 0.293 e. The Morgan fingerprint density at radius 1 is 0.929 bits per heavy atom. The van der Waals surface area contributed by atoms with Gasteiger partial charge in [0.15, 0.2) is 0 Å². The van der Waals surface area contributed by atoms with E-state index in [9.17, 15) is 14.9 Å². The molecule has 3 aromatic rings. The second-order valence-electron chi connectivity index (χ2n) is 7.02. The third-order valence-electron chi connectivity index (χ3n) is 5.14. The van der Waals surface area contributed by atoms with E-state index in [2.05, 4.69) is 5.32 Å². The first kappa shape index (κ1) is 18.0. The minimum atomic E-state index is -0.406. The molecule has 28 heavy (non-hydrogen) atoms. The van der Waals surface area contributed by atoms with Crippen LogP contribution in [-0.2, 0) is 0 Å². The zero-order valence-electron chi connectivity index (χ0n) is 15.4. The van der Waals surface area contributed by atoms with Crippen LogP contribution in [0, 0.1) is 10.1 Å². The van der Waals surface area contributed by atoms with E-state index < -0.39 is 4.92 Å². The molecular formula is C22H21N3O3. The highest BCUT2D eigenvalue weighted by molar-refractivity contribution is 6.06. The van der Waals surface area contributed by atoms with Gasteiger partial charge in [-0.15, -0.1) is 0 Å². The number of hydrogen-bond donors (Lipinski definition) is 1. The van der Waals surface area contributed by atoms with Crippen molar-refractivity contribution in [2.24, 2.45) is 0 Å². The lowest BCUT2D eigenvalue weighted by atomic mass is 10.1. The third kappa shape index (κ3) is 3.67. The maximum atomic E-state index is 12.7. The van der Waals surface area contributed by atoms with Crippen LogP contribution in [0.5, 0.6) is 0 Å². The molecule has 142 valence electrons. The molecule has 0 saturated carbocycles. The van der Waals surface area contributed by atoms with Crippen molar-refractivity contribution < 1.29 is 9.72 Å². The summed E-state index contributed by atoms with van der Waals surface area (Å²) in [5, 5.41) is 16.5. The van der Waals surface area contributed by atoms with E-state index in [1.807, 2.05) is 47.4 Å². The molecule has 1 fully saturated rings. The summed E-state index contributed by atoms with van der Waals surface area (Å²) in [5.41, 5.74) is 1.51. The van der Waals surface area contributed by atoms with Crippen molar-refractivity contribution in [2.75, 3.05) is 23.3 Å². The Morgan fingerprint density at radius 3 is 2.43 bits per heavy atom. The monoisotopic (exact) mass is 375 g/mol. The zero-order valence-corrected chi connectivity index (χ0v) is 15.4. The van der Waals surface area contributed by atoms with Crippen LogP contribution >= 0.6 is 0 Å². The summed E-state index contributed by atoms with van der Waals surface area (Å²) >= 11 is 0. The fraction of sp³-hybridized carbons (Fsp3) is 0.227. The van der Waals surface area contributed by atoms with Crippen molar-refractivity contribution in [2.45, 2.75) is 19.3 Å². The Labute approximate surface area is 162 Å². The number of anilines is 2. The van der Waals surface area contributed by atoms with Crippen LogP contribution < -0.4 is 10.2 Å². The van der Waals surface area contributed by atoms with Crippen LogP contribution in [0.2, 0.25) is 0 Å². The molecule has 1 heterocycles. The van der Waals surface area contributed by atoms with Crippen LogP contribution in [-0.4, -0.2) is 23.9 Å². The molecule has 0 spiro atoms. The molecule has 1 amide bonds. The van der Waals surface area contributed by atoms with Crippen molar-refractivity contribution in [3.8, 4) is 0 Å². The average Bonchev–Trinajstić information content (AvgIpc) is 2.73. The van der Waals surface area contributed by atoms with E-state index in [4.69, 9.17) is 0 Å². The lowest BCUT2D eigenvalue weighted by Crippen LogP contribution is -2.30. The predicted molar refractivity (Wildman–Crippen MR) is 111 cm³/mol. The Hall–Kier alpha value is -3.41. The molecule has 0 unspecified atom stereocenters. The highest BCUT2D eigenvalue weighted by Crippen LogP contribution is 2.31. The Kier molecular flexibility index (Phi) is 4.93. The number of fused-ring (bicyclic) bond motifs is 1. The fourth-order valence-electron chi connectivity index (χ4n) is 3.68. The second kappa shape index (κ2) is 7.68. The first-order valence-corrected chi connectivity index (χ1v) is 9.45. The molecule has 3 aromatic carbocycles. The highest BCUT2D eigenvalue weighted by Gasteiger charge is 2.23. The first-order chi connectivity index (χ1) is 13.6. The second-order valence-corrected chi connectivity index (χ2v) is 7.02. The van der Waals surface area contributed by atoms with Crippen molar-refractivity contribution >= 4 is 33.7 Å². The minimum Gasteiger partial charge on any atom is -0.366 e. The Bertz CT molecular complexity index is 1040. The molecule has 6 heteroatoms. The SMILES string of the molecule is O=C(Nc1ccc2ccccc2c1)c1ccc(N2CCCCC2)c([N+](=O)[O-])c1. The van der Waals surface area contributed by atoms with E-state index in [1.54, 1.807) is 12.1 Å². The molecule has 1 saturated heterocycles. The van der Waals surface area contributed by atoms with Gasteiger partial charge in [0.2, 0.25) is 0 Å². The maximum absolute atomic E-state index is 12.7. The number of rotatable bonds is 4. The van der Waals surface area contributed by atoms with E-state index in [0.717, 1.165) is 43.1 Å². The lowest BCUT2D eigenvalue weighted by Gasteiger charge is -2.28. The molecule has 0 radical (unpaired) electrons. The molecular weight excluding hydrogens is 354 g/mol. The van der Waals surface area contributed by atoms with Gasteiger partial charge in [0.1, 0.15) is 5.69 Å². The van der Waals surface area contributed by atoms with Gasteiger partial charge < -0.3 is 10.2 Å². The molecule has 1 aliphatic heterocycles. The van der Waals surface area contributed by atoms with Crippen molar-refractivity contribution in [3.63, 3.8) is 0 Å². The summed E-state index contributed by atoms with van der Waals surface area (Å²) in [4.78, 5) is 25.9. The van der Waals surface area contributed by atoms with E-state index >= 15 is 0 Å². The summed E-state index contributed by atoms with van der Waals surface area (Å²) in [6, 6.07) is 18.3. The molecule has 1 N–H and O–H groups in total. The van der Waals surface area contributed by atoms with Crippen molar-refractivity contribution in [1.82, 2.24) is 0 Å². The number of nitro groups is 1. The average molecular weight is 375 g/mol. The molecule has 6 nitrogen and oxygen atoms in total. The summed E-state index contributed by atoms with van der Waals surface area (Å²) in [5.74, 6) is -0.358. The van der Waals surface area contributed by atoms with Gasteiger partial charge in [0.05, 0.1) is 4.92 Å². The summed E-state index contributed by atoms with van der Waals surface area (Å²) in [6.07, 6.45) is 3.21. The number of nitrogens with one attached hydrogen (secondary N) is 1. The summed E-state index contributed by atoms with van der Waals surface area (Å²) < 4.78 is 0. The van der Waals surface area contributed by atoms with Crippen LogP contribution in [0.4, 0.5) is 17.1 Å². The van der Waals surface area contributed by atoms with Gasteiger partial charge in [-0.25, -0.2) is 0 Å². The normalized spacial score (nSPS) is 14.1. The molecule has 1 aliphatic rings. The van der Waals surface area contributed by atoms with E-state index in [-0.39, 0.29) is 17.2 Å². The van der Waals surface area contributed by atoms with Gasteiger partial charge in [0, 0.05) is 30.4 Å². The number of nitrogens with zero attached hydrogens (tertiary/aromatic N) is 2. The van der Waals surface area contributed by atoms with Crippen molar-refractivity contribution in [1.29, 1.82) is 0 Å². The van der Waals surface area contributed by atoms with Gasteiger partial charge in [0.25, 0.3) is 11.6 Å². The number of nitro benzene ring substituents is 1. The predicted octanol–water partition coefficient (Wildman–Crippen LogP) is 4.99. The molecule has 0 bridgehead atoms. The quantitative estimate of drug-likeness (QED) is 0.515. The van der Waals surface area contributed by atoms with Gasteiger partial charge in [-0.3, -0.25) is 14.9 Å². The fourth-order valence-corrected chi connectivity index (χ4v) is 3.68. The summed E-state index contributed by atoms with van der Waals surface area (Å²) in [6.45, 7) is 1.62. The van der Waals surface area contributed by atoms with Gasteiger partial charge in [-0.2, -0.15) is 0 Å². The van der Waals surface area contributed by atoms with Crippen LogP contribution in [0.3, 0.4) is 0 Å². The van der Waals surface area contributed by atoms with Crippen LogP contribution in [0.1, 0.15) is 29.6 Å². The largest absolute Gasteiger partial charge is 0.366 e. The van der Waals surface area contributed by atoms with Gasteiger partial charge in [-0.05, 0) is 54.3 Å². The number of carbonyl (C=O) groups is 1. The Morgan fingerprint density at radius 2 is 1.68 bits per heavy atom. The van der Waals surface area contributed by atoms with E-state index in [1.165, 1.54) is 6.07 Å². The summed E-state index contributed by atoms with van der Waals surface area (Å²) in [7, 11) is 0. The molecule has 0 aromatic heterocycles. The minimum absolute atomic E-state index is 0.0203. The standard InChI is InChI=1S/C22H21N3O3/c26-22(23-19-10-8-16-6-2-3-7-17(16)14-19)18-9-11-20(21(15-18)25(27)28)24-12-4-1-5-13-24/h2-3,6-11,14-15H,1,4-5,12-13H2,(H,23,26). The number of benzene rings is 3. The number of carbonyl (C=O) groups excluding carboxylic acids is 1. The molecule has 0 aliphatic carbocycles. The van der Waals surface area contributed by atoms with Crippen molar-refractivity contribution in [3.05, 3.63) is 76.3 Å².